The Morgan fingerprint density at radius 3 is 2.44 bits per heavy atom. The van der Waals surface area contributed by atoms with Gasteiger partial charge in [-0.05, 0) is 18.2 Å². The van der Waals surface area contributed by atoms with Crippen molar-refractivity contribution in [2.24, 2.45) is 0 Å². The van der Waals surface area contributed by atoms with Gasteiger partial charge >= 0.3 is 0 Å². The zero-order valence-electron chi connectivity index (χ0n) is 17.4. The molecule has 0 atom stereocenters. The molecule has 2 aromatic rings. The van der Waals surface area contributed by atoms with Gasteiger partial charge in [0.2, 0.25) is 5.91 Å². The van der Waals surface area contributed by atoms with E-state index in [0.717, 1.165) is 16.7 Å². The zero-order chi connectivity index (χ0) is 23.4. The Balaban J connectivity index is 1.80. The van der Waals surface area contributed by atoms with Gasteiger partial charge in [0.25, 0.3) is 16.8 Å². The Bertz CT molecular complexity index is 1100. The van der Waals surface area contributed by atoms with E-state index in [9.17, 15) is 29.3 Å². The van der Waals surface area contributed by atoms with Crippen molar-refractivity contribution >= 4 is 46.0 Å². The highest BCUT2D eigenvalue weighted by molar-refractivity contribution is 8.14. The Morgan fingerprint density at radius 2 is 1.84 bits per heavy atom. The number of nitro benzene ring substituents is 1. The maximum absolute atomic E-state index is 13.1. The number of rotatable bonds is 8. The Kier molecular flexibility index (Phi) is 6.89. The summed E-state index contributed by atoms with van der Waals surface area (Å²) in [6.07, 6.45) is 0. The van der Waals surface area contributed by atoms with E-state index in [4.69, 9.17) is 0 Å². The first-order chi connectivity index (χ1) is 15.2. The highest BCUT2D eigenvalue weighted by Gasteiger charge is 2.29. The van der Waals surface area contributed by atoms with Gasteiger partial charge in [-0.3, -0.25) is 34.2 Å². The van der Waals surface area contributed by atoms with Crippen molar-refractivity contribution in [2.45, 2.75) is 0 Å². The van der Waals surface area contributed by atoms with E-state index in [1.165, 1.54) is 30.3 Å². The van der Waals surface area contributed by atoms with Crippen molar-refractivity contribution in [1.82, 2.24) is 10.2 Å². The molecule has 0 bridgehead atoms. The van der Waals surface area contributed by atoms with Gasteiger partial charge in [0, 0.05) is 44.4 Å². The third-order valence-electron chi connectivity index (χ3n) is 4.79. The number of nitrogens with one attached hydrogen (secondary N) is 1. The second kappa shape index (κ2) is 9.60. The third-order valence-corrected chi connectivity index (χ3v) is 5.65. The van der Waals surface area contributed by atoms with Gasteiger partial charge in [-0.1, -0.05) is 30.0 Å². The SMILES string of the molecule is CN(C)c1ccc(C(=O)c2ccccc2C(=O)NCCN2C(=O)CSC2=O)cc1[N+](=O)[O-]. The predicted molar refractivity (Wildman–Crippen MR) is 119 cm³/mol. The van der Waals surface area contributed by atoms with E-state index in [1.54, 1.807) is 31.1 Å². The van der Waals surface area contributed by atoms with Crippen LogP contribution in [0.1, 0.15) is 26.3 Å². The zero-order valence-corrected chi connectivity index (χ0v) is 18.2. The van der Waals surface area contributed by atoms with Crippen LogP contribution in [-0.4, -0.2) is 65.6 Å². The van der Waals surface area contributed by atoms with Gasteiger partial charge in [0.1, 0.15) is 5.69 Å². The number of anilines is 1. The fraction of sp³-hybridized carbons (Fsp3) is 0.238. The number of carbonyl (C=O) groups is 4. The van der Waals surface area contributed by atoms with Crippen LogP contribution in [0, 0.1) is 10.1 Å². The average molecular weight is 456 g/mol. The standard InChI is InChI=1S/C21H20N4O6S/c1-23(2)16-8-7-13(11-17(16)25(30)31)19(27)14-5-3-4-6-15(14)20(28)22-9-10-24-18(26)12-32-21(24)29/h3-8,11H,9-10,12H2,1-2H3,(H,22,28). The number of hydrogen-bond acceptors (Lipinski definition) is 8. The molecule has 1 fully saturated rings. The highest BCUT2D eigenvalue weighted by atomic mass is 32.2. The van der Waals surface area contributed by atoms with E-state index < -0.39 is 16.6 Å². The molecule has 0 unspecified atom stereocenters. The van der Waals surface area contributed by atoms with Crippen molar-refractivity contribution < 1.29 is 24.1 Å². The van der Waals surface area contributed by atoms with Gasteiger partial charge in [0.15, 0.2) is 5.78 Å². The van der Waals surface area contributed by atoms with Crippen molar-refractivity contribution in [1.29, 1.82) is 0 Å². The summed E-state index contributed by atoms with van der Waals surface area (Å²) < 4.78 is 0. The minimum Gasteiger partial charge on any atom is -0.372 e. The van der Waals surface area contributed by atoms with E-state index in [0.29, 0.717) is 5.69 Å². The van der Waals surface area contributed by atoms with Gasteiger partial charge in [0.05, 0.1) is 16.2 Å². The Hall–Kier alpha value is -3.73. The molecule has 11 heteroatoms. The largest absolute Gasteiger partial charge is 0.372 e. The molecule has 1 N–H and O–H groups in total. The summed E-state index contributed by atoms with van der Waals surface area (Å²) in [4.78, 5) is 62.6. The van der Waals surface area contributed by atoms with Gasteiger partial charge in [-0.25, -0.2) is 0 Å². The van der Waals surface area contributed by atoms with E-state index in [1.807, 2.05) is 0 Å². The number of nitro groups is 1. The van der Waals surface area contributed by atoms with Crippen LogP contribution in [-0.2, 0) is 4.79 Å². The molecule has 1 aliphatic heterocycles. The van der Waals surface area contributed by atoms with Crippen LogP contribution in [0.3, 0.4) is 0 Å². The van der Waals surface area contributed by atoms with Crippen molar-refractivity contribution in [3.63, 3.8) is 0 Å². The molecule has 2 aromatic carbocycles. The average Bonchev–Trinajstić information content (AvgIpc) is 3.10. The molecule has 0 aromatic heterocycles. The minimum atomic E-state index is -0.566. The molecule has 0 saturated carbocycles. The number of nitrogens with zero attached hydrogens (tertiary/aromatic N) is 3. The molecule has 3 rings (SSSR count). The lowest BCUT2D eigenvalue weighted by atomic mass is 9.97. The molecule has 3 amide bonds. The van der Waals surface area contributed by atoms with Crippen LogP contribution in [0.15, 0.2) is 42.5 Å². The number of amides is 3. The summed E-state index contributed by atoms with van der Waals surface area (Å²) in [5.41, 5.74) is 0.376. The summed E-state index contributed by atoms with van der Waals surface area (Å²) in [5, 5.41) is 13.7. The Labute approximate surface area is 187 Å². The summed E-state index contributed by atoms with van der Waals surface area (Å²) >= 11 is 0.908. The molecule has 1 aliphatic rings. The van der Waals surface area contributed by atoms with Gasteiger partial charge < -0.3 is 10.2 Å². The second-order valence-corrected chi connectivity index (χ2v) is 8.01. The first-order valence-corrected chi connectivity index (χ1v) is 10.5. The maximum Gasteiger partial charge on any atom is 0.293 e. The van der Waals surface area contributed by atoms with Crippen molar-refractivity contribution in [3.05, 3.63) is 69.3 Å². The molecule has 10 nitrogen and oxygen atoms in total. The minimum absolute atomic E-state index is 0.0302. The summed E-state index contributed by atoms with van der Waals surface area (Å²) in [7, 11) is 3.32. The fourth-order valence-electron chi connectivity index (χ4n) is 3.20. The molecule has 32 heavy (non-hydrogen) atoms. The number of imide groups is 1. The van der Waals surface area contributed by atoms with Crippen LogP contribution in [0.5, 0.6) is 0 Å². The molecule has 0 aliphatic carbocycles. The predicted octanol–water partition coefficient (Wildman–Crippen LogP) is 2.32. The fourth-order valence-corrected chi connectivity index (χ4v) is 3.95. The first-order valence-electron chi connectivity index (χ1n) is 9.55. The van der Waals surface area contributed by atoms with Crippen molar-refractivity contribution in [2.75, 3.05) is 37.8 Å². The van der Waals surface area contributed by atoms with Crippen LogP contribution in [0.2, 0.25) is 0 Å². The summed E-state index contributed by atoms with van der Waals surface area (Å²) in [6.45, 7) is 0.0626. The quantitative estimate of drug-likeness (QED) is 0.364. The smallest absolute Gasteiger partial charge is 0.293 e. The lowest BCUT2D eigenvalue weighted by molar-refractivity contribution is -0.384. The summed E-state index contributed by atoms with van der Waals surface area (Å²) in [5.74, 6) is -1.32. The molecule has 166 valence electrons. The number of benzene rings is 2. The van der Waals surface area contributed by atoms with E-state index >= 15 is 0 Å². The van der Waals surface area contributed by atoms with E-state index in [-0.39, 0.29) is 52.4 Å². The molecule has 1 heterocycles. The number of ketones is 1. The molecule has 1 saturated heterocycles. The second-order valence-electron chi connectivity index (χ2n) is 7.09. The topological polar surface area (TPSA) is 130 Å². The lowest BCUT2D eigenvalue weighted by Crippen LogP contribution is -2.37. The maximum atomic E-state index is 13.1. The van der Waals surface area contributed by atoms with Gasteiger partial charge in [-0.2, -0.15) is 0 Å². The number of thioether (sulfide) groups is 1. The van der Waals surface area contributed by atoms with Gasteiger partial charge in [-0.15, -0.1) is 0 Å². The number of carbonyl (C=O) groups excluding carboxylic acids is 4. The monoisotopic (exact) mass is 456 g/mol. The Morgan fingerprint density at radius 1 is 1.16 bits per heavy atom. The third kappa shape index (κ3) is 4.78. The molecular weight excluding hydrogens is 436 g/mol. The van der Waals surface area contributed by atoms with Crippen LogP contribution in [0.25, 0.3) is 0 Å². The molecular formula is C21H20N4O6S. The summed E-state index contributed by atoms with van der Waals surface area (Å²) in [6, 6.07) is 10.3. The highest BCUT2D eigenvalue weighted by Crippen LogP contribution is 2.29. The van der Waals surface area contributed by atoms with Crippen LogP contribution in [0.4, 0.5) is 16.2 Å². The van der Waals surface area contributed by atoms with Crippen LogP contribution < -0.4 is 10.2 Å². The first kappa shape index (κ1) is 22.9. The molecule has 0 radical (unpaired) electrons. The molecule has 0 spiro atoms. The van der Waals surface area contributed by atoms with Crippen molar-refractivity contribution in [3.8, 4) is 0 Å². The van der Waals surface area contributed by atoms with Crippen LogP contribution >= 0.6 is 11.8 Å². The van der Waals surface area contributed by atoms with E-state index in [2.05, 4.69) is 5.32 Å². The number of hydrogen-bond donors (Lipinski definition) is 1. The lowest BCUT2D eigenvalue weighted by Gasteiger charge is -2.15. The normalized spacial score (nSPS) is 13.2.